The van der Waals surface area contributed by atoms with Gasteiger partial charge in [0, 0.05) is 43.9 Å². The van der Waals surface area contributed by atoms with E-state index >= 15 is 0 Å². The molecule has 2 fully saturated rings. The standard InChI is InChI=1S/C19H20ClFN4O2/c20-15-11-14(3-4-16(15)21)23-7-9-24(10-8-23)19(27)12-25-18(26)6-5-17(22-25)13-1-2-13/h3-6,11,13H,1-2,7-10,12H2. The van der Waals surface area contributed by atoms with Crippen molar-refractivity contribution < 1.29 is 9.18 Å². The van der Waals surface area contributed by atoms with Crippen LogP contribution in [0.2, 0.25) is 5.02 Å². The fourth-order valence-corrected chi connectivity index (χ4v) is 3.47. The van der Waals surface area contributed by atoms with E-state index in [0.29, 0.717) is 32.1 Å². The van der Waals surface area contributed by atoms with E-state index in [1.165, 1.54) is 16.8 Å². The Morgan fingerprint density at radius 3 is 2.56 bits per heavy atom. The molecule has 2 heterocycles. The fraction of sp³-hybridized carbons (Fsp3) is 0.421. The van der Waals surface area contributed by atoms with Crippen molar-refractivity contribution in [3.63, 3.8) is 0 Å². The zero-order valence-electron chi connectivity index (χ0n) is 14.8. The molecule has 1 aromatic heterocycles. The molecule has 2 aliphatic rings. The number of hydrogen-bond acceptors (Lipinski definition) is 4. The summed E-state index contributed by atoms with van der Waals surface area (Å²) < 4.78 is 14.6. The van der Waals surface area contributed by atoms with Crippen molar-refractivity contribution >= 4 is 23.2 Å². The minimum atomic E-state index is -0.444. The number of halogens is 2. The Morgan fingerprint density at radius 2 is 1.89 bits per heavy atom. The van der Waals surface area contributed by atoms with E-state index in [4.69, 9.17) is 11.6 Å². The number of piperazine rings is 1. The number of hydrogen-bond donors (Lipinski definition) is 0. The highest BCUT2D eigenvalue weighted by molar-refractivity contribution is 6.31. The molecular weight excluding hydrogens is 371 g/mol. The maximum atomic E-state index is 13.3. The number of anilines is 1. The van der Waals surface area contributed by atoms with Crippen molar-refractivity contribution in [3.05, 3.63) is 57.2 Å². The van der Waals surface area contributed by atoms with Crippen molar-refractivity contribution in [2.45, 2.75) is 25.3 Å². The van der Waals surface area contributed by atoms with Gasteiger partial charge >= 0.3 is 0 Å². The molecule has 27 heavy (non-hydrogen) atoms. The van der Waals surface area contributed by atoms with E-state index in [0.717, 1.165) is 24.2 Å². The van der Waals surface area contributed by atoms with Gasteiger partial charge in [-0.05, 0) is 37.1 Å². The number of aromatic nitrogens is 2. The zero-order chi connectivity index (χ0) is 19.0. The van der Waals surface area contributed by atoms with Crippen LogP contribution in [0.1, 0.15) is 24.5 Å². The molecule has 1 amide bonds. The lowest BCUT2D eigenvalue weighted by atomic mass is 10.2. The van der Waals surface area contributed by atoms with Crippen LogP contribution in [0.25, 0.3) is 0 Å². The van der Waals surface area contributed by atoms with Gasteiger partial charge in [-0.25, -0.2) is 9.07 Å². The second-order valence-electron chi connectivity index (χ2n) is 6.99. The lowest BCUT2D eigenvalue weighted by Gasteiger charge is -2.36. The second kappa shape index (κ2) is 7.31. The summed E-state index contributed by atoms with van der Waals surface area (Å²) in [7, 11) is 0. The van der Waals surface area contributed by atoms with Gasteiger partial charge in [-0.1, -0.05) is 11.6 Å². The molecular formula is C19H20ClFN4O2. The summed E-state index contributed by atoms with van der Waals surface area (Å²) >= 11 is 5.85. The third-order valence-corrected chi connectivity index (χ3v) is 5.36. The van der Waals surface area contributed by atoms with E-state index in [9.17, 15) is 14.0 Å². The highest BCUT2D eigenvalue weighted by Gasteiger charge is 2.26. The monoisotopic (exact) mass is 390 g/mol. The summed E-state index contributed by atoms with van der Waals surface area (Å²) in [6.45, 7) is 2.27. The summed E-state index contributed by atoms with van der Waals surface area (Å²) in [5.41, 5.74) is 1.47. The predicted octanol–water partition coefficient (Wildman–Crippen LogP) is 2.26. The average Bonchev–Trinajstić information content (AvgIpc) is 3.51. The molecule has 0 atom stereocenters. The number of carbonyl (C=O) groups excluding carboxylic acids is 1. The van der Waals surface area contributed by atoms with Gasteiger partial charge in [0.05, 0.1) is 10.7 Å². The fourth-order valence-electron chi connectivity index (χ4n) is 3.30. The Bertz CT molecular complexity index is 920. The highest BCUT2D eigenvalue weighted by atomic mass is 35.5. The van der Waals surface area contributed by atoms with Crippen molar-refractivity contribution in [2.24, 2.45) is 0 Å². The van der Waals surface area contributed by atoms with Gasteiger partial charge in [-0.3, -0.25) is 9.59 Å². The summed E-state index contributed by atoms with van der Waals surface area (Å²) in [4.78, 5) is 28.4. The highest BCUT2D eigenvalue weighted by Crippen LogP contribution is 2.38. The number of rotatable bonds is 4. The lowest BCUT2D eigenvalue weighted by Crippen LogP contribution is -2.50. The molecule has 0 spiro atoms. The number of benzene rings is 1. The maximum Gasteiger partial charge on any atom is 0.267 e. The van der Waals surface area contributed by atoms with Gasteiger partial charge in [-0.2, -0.15) is 5.10 Å². The smallest absolute Gasteiger partial charge is 0.267 e. The molecule has 8 heteroatoms. The first-order chi connectivity index (χ1) is 13.0. The first kappa shape index (κ1) is 18.0. The van der Waals surface area contributed by atoms with Crippen LogP contribution in [0, 0.1) is 5.82 Å². The lowest BCUT2D eigenvalue weighted by molar-refractivity contribution is -0.132. The Balaban J connectivity index is 1.38. The molecule has 1 aliphatic heterocycles. The van der Waals surface area contributed by atoms with E-state index in [2.05, 4.69) is 10.00 Å². The minimum absolute atomic E-state index is 0.0399. The van der Waals surface area contributed by atoms with E-state index in [-0.39, 0.29) is 23.0 Å². The molecule has 0 N–H and O–H groups in total. The van der Waals surface area contributed by atoms with Crippen LogP contribution in [-0.4, -0.2) is 46.8 Å². The Hall–Kier alpha value is -2.41. The number of amides is 1. The maximum absolute atomic E-state index is 13.3. The van der Waals surface area contributed by atoms with Gasteiger partial charge in [0.2, 0.25) is 5.91 Å². The van der Waals surface area contributed by atoms with Crippen LogP contribution in [0.15, 0.2) is 35.1 Å². The van der Waals surface area contributed by atoms with Crippen molar-refractivity contribution in [1.82, 2.24) is 14.7 Å². The predicted molar refractivity (Wildman–Crippen MR) is 101 cm³/mol. The van der Waals surface area contributed by atoms with Gasteiger partial charge in [0.1, 0.15) is 12.4 Å². The van der Waals surface area contributed by atoms with E-state index < -0.39 is 5.82 Å². The quantitative estimate of drug-likeness (QED) is 0.803. The van der Waals surface area contributed by atoms with Crippen LogP contribution in [-0.2, 0) is 11.3 Å². The SMILES string of the molecule is O=C(Cn1nc(C2CC2)ccc1=O)N1CCN(c2ccc(F)c(Cl)c2)CC1. The largest absolute Gasteiger partial charge is 0.368 e. The van der Waals surface area contributed by atoms with E-state index in [1.54, 1.807) is 23.1 Å². The molecule has 1 aromatic carbocycles. The molecule has 0 unspecified atom stereocenters. The number of nitrogens with zero attached hydrogens (tertiary/aromatic N) is 4. The third-order valence-electron chi connectivity index (χ3n) is 5.07. The summed E-state index contributed by atoms with van der Waals surface area (Å²) in [5, 5.41) is 4.44. The first-order valence-electron chi connectivity index (χ1n) is 9.07. The molecule has 1 aliphatic carbocycles. The Kier molecular flexibility index (Phi) is 4.86. The third kappa shape index (κ3) is 3.98. The van der Waals surface area contributed by atoms with Crippen LogP contribution >= 0.6 is 11.6 Å². The normalized spacial score (nSPS) is 17.3. The molecule has 142 valence electrons. The van der Waals surface area contributed by atoms with Gasteiger partial charge in [0.25, 0.3) is 5.56 Å². The molecule has 1 saturated heterocycles. The second-order valence-corrected chi connectivity index (χ2v) is 7.40. The van der Waals surface area contributed by atoms with Crippen LogP contribution < -0.4 is 10.5 Å². The topological polar surface area (TPSA) is 58.4 Å². The summed E-state index contributed by atoms with van der Waals surface area (Å²) in [6.07, 6.45) is 2.18. The van der Waals surface area contributed by atoms with E-state index in [1.807, 2.05) is 0 Å². The summed E-state index contributed by atoms with van der Waals surface area (Å²) in [6, 6.07) is 7.88. The van der Waals surface area contributed by atoms with Crippen LogP contribution in [0.5, 0.6) is 0 Å². The number of carbonyl (C=O) groups is 1. The van der Waals surface area contributed by atoms with Crippen molar-refractivity contribution in [2.75, 3.05) is 31.1 Å². The van der Waals surface area contributed by atoms with Crippen molar-refractivity contribution in [3.8, 4) is 0 Å². The molecule has 0 radical (unpaired) electrons. The molecule has 2 aromatic rings. The zero-order valence-corrected chi connectivity index (χ0v) is 15.5. The van der Waals surface area contributed by atoms with Gasteiger partial charge in [0.15, 0.2) is 0 Å². The van der Waals surface area contributed by atoms with Gasteiger partial charge in [-0.15, -0.1) is 0 Å². The van der Waals surface area contributed by atoms with Crippen LogP contribution in [0.3, 0.4) is 0 Å². The molecule has 1 saturated carbocycles. The molecule has 4 rings (SSSR count). The molecule has 0 bridgehead atoms. The first-order valence-corrected chi connectivity index (χ1v) is 9.45. The summed E-state index contributed by atoms with van der Waals surface area (Å²) in [5.74, 6) is -0.132. The minimum Gasteiger partial charge on any atom is -0.368 e. The van der Waals surface area contributed by atoms with Crippen LogP contribution in [0.4, 0.5) is 10.1 Å². The van der Waals surface area contributed by atoms with Crippen molar-refractivity contribution in [1.29, 1.82) is 0 Å². The average molecular weight is 391 g/mol. The molecule has 6 nitrogen and oxygen atoms in total. The Labute approximate surface area is 161 Å². The Morgan fingerprint density at radius 1 is 1.15 bits per heavy atom. The van der Waals surface area contributed by atoms with Gasteiger partial charge < -0.3 is 9.80 Å².